The van der Waals surface area contributed by atoms with Crippen molar-refractivity contribution >= 4 is 5.69 Å². The maximum atomic E-state index is 5.23. The van der Waals surface area contributed by atoms with Crippen LogP contribution < -0.4 is 10.6 Å². The van der Waals surface area contributed by atoms with Crippen LogP contribution in [-0.4, -0.2) is 23.6 Å². The normalized spacial score (nSPS) is 11.6. The summed E-state index contributed by atoms with van der Waals surface area (Å²) >= 11 is 0. The summed E-state index contributed by atoms with van der Waals surface area (Å²) in [6.07, 6.45) is 1.69. The lowest BCUT2D eigenvalue weighted by Gasteiger charge is -2.20. The largest absolute Gasteiger partial charge is 0.449 e. The molecule has 1 heterocycles. The fourth-order valence-electron chi connectivity index (χ4n) is 1.90. The summed E-state index contributed by atoms with van der Waals surface area (Å²) in [5, 5.41) is 6.84. The van der Waals surface area contributed by atoms with Gasteiger partial charge in [0.05, 0.1) is 0 Å². The van der Waals surface area contributed by atoms with Crippen LogP contribution >= 0.6 is 0 Å². The van der Waals surface area contributed by atoms with E-state index in [0.29, 0.717) is 5.89 Å². The number of benzene rings is 1. The van der Waals surface area contributed by atoms with E-state index in [2.05, 4.69) is 60.7 Å². The minimum Gasteiger partial charge on any atom is -0.449 e. The van der Waals surface area contributed by atoms with Gasteiger partial charge in [-0.2, -0.15) is 0 Å². The Morgan fingerprint density at radius 3 is 2.35 bits per heavy atom. The molecule has 2 aromatic rings. The molecule has 0 aliphatic carbocycles. The average Bonchev–Trinajstić information content (AvgIpc) is 2.81. The molecule has 2 rings (SSSR count). The second kappa shape index (κ2) is 6.09. The van der Waals surface area contributed by atoms with Crippen LogP contribution in [0.1, 0.15) is 26.7 Å². The highest BCUT2D eigenvalue weighted by Gasteiger charge is 2.07. The molecule has 20 heavy (non-hydrogen) atoms. The molecular formula is C16H23N3O. The van der Waals surface area contributed by atoms with Gasteiger partial charge in [0.2, 0.25) is 0 Å². The van der Waals surface area contributed by atoms with E-state index in [1.165, 1.54) is 0 Å². The Bertz CT molecular complexity index is 538. The Hall–Kier alpha value is -1.81. The molecule has 0 amide bonds. The van der Waals surface area contributed by atoms with Crippen molar-refractivity contribution in [2.24, 2.45) is 0 Å². The number of oxazole rings is 1. The highest BCUT2D eigenvalue weighted by atomic mass is 16.3. The van der Waals surface area contributed by atoms with Crippen molar-refractivity contribution in [2.45, 2.75) is 33.2 Å². The minimum atomic E-state index is 0.163. The van der Waals surface area contributed by atoms with E-state index in [1.807, 2.05) is 6.92 Å². The van der Waals surface area contributed by atoms with E-state index in [1.54, 1.807) is 6.26 Å². The molecule has 0 spiro atoms. The molecule has 0 aliphatic heterocycles. The molecule has 4 nitrogen and oxygen atoms in total. The fraction of sp³-hybridized carbons (Fsp3) is 0.438. The standard InChI is InChI=1S/C16H23N3O/c1-12-19-15(11-20-12)13-5-7-14(8-6-13)17-9-10-18-16(2,3)4/h5-8,11,17-18H,9-10H2,1-4H3. The third kappa shape index (κ3) is 4.38. The molecule has 0 aliphatic rings. The van der Waals surface area contributed by atoms with Crippen molar-refractivity contribution in [2.75, 3.05) is 18.4 Å². The SMILES string of the molecule is Cc1nc(-c2ccc(NCCNC(C)(C)C)cc2)co1. The first-order chi connectivity index (χ1) is 9.44. The van der Waals surface area contributed by atoms with Crippen LogP contribution in [0.2, 0.25) is 0 Å². The maximum Gasteiger partial charge on any atom is 0.191 e. The van der Waals surface area contributed by atoms with Crippen molar-refractivity contribution in [3.05, 3.63) is 36.4 Å². The Morgan fingerprint density at radius 1 is 1.10 bits per heavy atom. The van der Waals surface area contributed by atoms with Gasteiger partial charge in [-0.05, 0) is 32.9 Å². The number of anilines is 1. The molecule has 0 atom stereocenters. The summed E-state index contributed by atoms with van der Waals surface area (Å²) in [4.78, 5) is 4.32. The molecule has 0 unspecified atom stereocenters. The third-order valence-corrected chi connectivity index (χ3v) is 2.91. The summed E-state index contributed by atoms with van der Waals surface area (Å²) < 4.78 is 5.23. The molecule has 1 aromatic carbocycles. The van der Waals surface area contributed by atoms with Gasteiger partial charge in [-0.3, -0.25) is 0 Å². The summed E-state index contributed by atoms with van der Waals surface area (Å²) in [7, 11) is 0. The zero-order valence-electron chi connectivity index (χ0n) is 12.7. The topological polar surface area (TPSA) is 50.1 Å². The van der Waals surface area contributed by atoms with Crippen LogP contribution in [0.3, 0.4) is 0 Å². The third-order valence-electron chi connectivity index (χ3n) is 2.91. The lowest BCUT2D eigenvalue weighted by molar-refractivity contribution is 0.435. The number of rotatable bonds is 5. The summed E-state index contributed by atoms with van der Waals surface area (Å²) in [6, 6.07) is 8.24. The van der Waals surface area contributed by atoms with Crippen LogP contribution in [0.5, 0.6) is 0 Å². The number of aromatic nitrogens is 1. The molecule has 108 valence electrons. The van der Waals surface area contributed by atoms with Crippen molar-refractivity contribution in [1.82, 2.24) is 10.3 Å². The lowest BCUT2D eigenvalue weighted by Crippen LogP contribution is -2.38. The second-order valence-electron chi connectivity index (χ2n) is 5.93. The van der Waals surface area contributed by atoms with E-state index in [-0.39, 0.29) is 5.54 Å². The van der Waals surface area contributed by atoms with E-state index in [9.17, 15) is 0 Å². The lowest BCUT2D eigenvalue weighted by atomic mass is 10.1. The quantitative estimate of drug-likeness (QED) is 0.819. The number of hydrogen-bond donors (Lipinski definition) is 2. The van der Waals surface area contributed by atoms with Crippen molar-refractivity contribution in [3.63, 3.8) is 0 Å². The molecule has 0 fully saturated rings. The monoisotopic (exact) mass is 273 g/mol. The Morgan fingerprint density at radius 2 is 1.80 bits per heavy atom. The van der Waals surface area contributed by atoms with E-state index >= 15 is 0 Å². The first-order valence-corrected chi connectivity index (χ1v) is 6.95. The Balaban J connectivity index is 1.86. The van der Waals surface area contributed by atoms with Crippen LogP contribution in [0, 0.1) is 6.92 Å². The number of nitrogens with zero attached hydrogens (tertiary/aromatic N) is 1. The number of nitrogens with one attached hydrogen (secondary N) is 2. The van der Waals surface area contributed by atoms with Gasteiger partial charge in [0.1, 0.15) is 12.0 Å². The highest BCUT2D eigenvalue weighted by molar-refractivity contribution is 5.61. The molecule has 0 radical (unpaired) electrons. The van der Waals surface area contributed by atoms with Crippen LogP contribution in [0.25, 0.3) is 11.3 Å². The first kappa shape index (κ1) is 14.6. The Labute approximate surface area is 120 Å². The van der Waals surface area contributed by atoms with Gasteiger partial charge >= 0.3 is 0 Å². The van der Waals surface area contributed by atoms with E-state index in [4.69, 9.17) is 4.42 Å². The summed E-state index contributed by atoms with van der Waals surface area (Å²) in [5.74, 6) is 0.690. The molecule has 0 saturated heterocycles. The average molecular weight is 273 g/mol. The van der Waals surface area contributed by atoms with Gasteiger partial charge in [0.15, 0.2) is 5.89 Å². The van der Waals surface area contributed by atoms with Gasteiger partial charge in [-0.15, -0.1) is 0 Å². The zero-order chi connectivity index (χ0) is 14.6. The van der Waals surface area contributed by atoms with Crippen molar-refractivity contribution in [3.8, 4) is 11.3 Å². The van der Waals surface area contributed by atoms with Crippen LogP contribution in [0.4, 0.5) is 5.69 Å². The molecule has 2 N–H and O–H groups in total. The predicted octanol–water partition coefficient (Wildman–Crippen LogP) is 3.45. The van der Waals surface area contributed by atoms with Gasteiger partial charge < -0.3 is 15.1 Å². The molecule has 1 aromatic heterocycles. The van der Waals surface area contributed by atoms with Gasteiger partial charge in [-0.25, -0.2) is 4.98 Å². The fourth-order valence-corrected chi connectivity index (χ4v) is 1.90. The summed E-state index contributed by atoms with van der Waals surface area (Å²) in [6.45, 7) is 10.2. The molecular weight excluding hydrogens is 250 g/mol. The van der Waals surface area contributed by atoms with Crippen molar-refractivity contribution in [1.29, 1.82) is 0 Å². The van der Waals surface area contributed by atoms with E-state index in [0.717, 1.165) is 30.0 Å². The second-order valence-corrected chi connectivity index (χ2v) is 5.93. The molecule has 0 bridgehead atoms. The molecule has 0 saturated carbocycles. The van der Waals surface area contributed by atoms with Crippen LogP contribution in [-0.2, 0) is 0 Å². The number of aryl methyl sites for hydroxylation is 1. The predicted molar refractivity (Wildman–Crippen MR) is 82.9 cm³/mol. The smallest absolute Gasteiger partial charge is 0.191 e. The first-order valence-electron chi connectivity index (χ1n) is 6.95. The van der Waals surface area contributed by atoms with Gasteiger partial charge in [0.25, 0.3) is 0 Å². The number of hydrogen-bond acceptors (Lipinski definition) is 4. The minimum absolute atomic E-state index is 0.163. The highest BCUT2D eigenvalue weighted by Crippen LogP contribution is 2.20. The van der Waals surface area contributed by atoms with Crippen LogP contribution in [0.15, 0.2) is 34.9 Å². The molecule has 4 heteroatoms. The van der Waals surface area contributed by atoms with Crippen molar-refractivity contribution < 1.29 is 4.42 Å². The van der Waals surface area contributed by atoms with Gasteiger partial charge in [0, 0.05) is 36.8 Å². The van der Waals surface area contributed by atoms with E-state index < -0.39 is 0 Å². The van der Waals surface area contributed by atoms with Gasteiger partial charge in [-0.1, -0.05) is 12.1 Å². The summed E-state index contributed by atoms with van der Waals surface area (Å²) in [5.41, 5.74) is 3.23. The zero-order valence-corrected chi connectivity index (χ0v) is 12.7. The Kier molecular flexibility index (Phi) is 4.45. The maximum absolute atomic E-state index is 5.23.